The van der Waals surface area contributed by atoms with Gasteiger partial charge >= 0.3 is 0 Å². The van der Waals surface area contributed by atoms with Gasteiger partial charge in [0.2, 0.25) is 11.8 Å². The number of amides is 2. The molecule has 1 saturated carbocycles. The predicted octanol–water partition coefficient (Wildman–Crippen LogP) is 0.978. The molecule has 2 amide bonds. The summed E-state index contributed by atoms with van der Waals surface area (Å²) in [5, 5.41) is 5.73. The number of carbonyl (C=O) groups is 2. The maximum Gasteiger partial charge on any atom is 0.239 e. The lowest BCUT2D eigenvalue weighted by molar-refractivity contribution is -0.130. The van der Waals surface area contributed by atoms with Gasteiger partial charge in [-0.15, -0.1) is 0 Å². The lowest BCUT2D eigenvalue weighted by atomic mass is 9.95. The Balaban J connectivity index is 1.63. The van der Waals surface area contributed by atoms with E-state index in [0.717, 1.165) is 25.7 Å². The highest BCUT2D eigenvalue weighted by Crippen LogP contribution is 2.17. The van der Waals surface area contributed by atoms with E-state index < -0.39 is 0 Å². The largest absolute Gasteiger partial charge is 0.381 e. The molecule has 0 unspecified atom stereocenters. The first-order valence-electron chi connectivity index (χ1n) is 7.40. The van der Waals surface area contributed by atoms with Gasteiger partial charge in [-0.2, -0.15) is 0 Å². The molecule has 0 radical (unpaired) electrons. The van der Waals surface area contributed by atoms with E-state index in [1.807, 2.05) is 0 Å². The Bertz CT molecular complexity index is 308. The minimum atomic E-state index is -0.0627. The summed E-state index contributed by atoms with van der Waals surface area (Å²) in [6.07, 6.45) is 7.32. The first-order valence-corrected chi connectivity index (χ1v) is 7.40. The molecule has 0 aromatic heterocycles. The smallest absolute Gasteiger partial charge is 0.239 e. The van der Waals surface area contributed by atoms with Crippen LogP contribution in [0.3, 0.4) is 0 Å². The van der Waals surface area contributed by atoms with Crippen molar-refractivity contribution < 1.29 is 14.3 Å². The van der Waals surface area contributed by atoms with Gasteiger partial charge in [-0.05, 0) is 25.7 Å². The van der Waals surface area contributed by atoms with Crippen molar-refractivity contribution in [3.05, 3.63) is 0 Å². The van der Waals surface area contributed by atoms with E-state index in [-0.39, 0.29) is 24.3 Å². The minimum absolute atomic E-state index is 0.0104. The monoisotopic (exact) mass is 268 g/mol. The first-order chi connectivity index (χ1) is 9.25. The summed E-state index contributed by atoms with van der Waals surface area (Å²) < 4.78 is 5.22. The Labute approximate surface area is 114 Å². The van der Waals surface area contributed by atoms with E-state index in [1.165, 1.54) is 19.3 Å². The van der Waals surface area contributed by atoms with Crippen LogP contribution in [0.25, 0.3) is 0 Å². The molecule has 1 heterocycles. The molecule has 19 heavy (non-hydrogen) atoms. The van der Waals surface area contributed by atoms with Crippen molar-refractivity contribution in [1.82, 2.24) is 10.6 Å². The van der Waals surface area contributed by atoms with Crippen LogP contribution in [0.5, 0.6) is 0 Å². The zero-order chi connectivity index (χ0) is 13.5. The summed E-state index contributed by atoms with van der Waals surface area (Å²) in [6.45, 7) is 1.39. The quantitative estimate of drug-likeness (QED) is 0.798. The van der Waals surface area contributed by atoms with Crippen molar-refractivity contribution in [1.29, 1.82) is 0 Å². The Morgan fingerprint density at radius 1 is 1.00 bits per heavy atom. The summed E-state index contributed by atoms with van der Waals surface area (Å²) in [5.74, 6) is -0.0642. The summed E-state index contributed by atoms with van der Waals surface area (Å²) in [7, 11) is 0. The number of nitrogens with one attached hydrogen (secondary N) is 2. The van der Waals surface area contributed by atoms with Crippen LogP contribution >= 0.6 is 0 Å². The number of hydrogen-bond acceptors (Lipinski definition) is 3. The highest BCUT2D eigenvalue weighted by atomic mass is 16.5. The van der Waals surface area contributed by atoms with Crippen molar-refractivity contribution in [2.24, 2.45) is 5.92 Å². The molecule has 5 heteroatoms. The highest BCUT2D eigenvalue weighted by Gasteiger charge is 2.22. The van der Waals surface area contributed by atoms with Crippen molar-refractivity contribution in [3.63, 3.8) is 0 Å². The van der Waals surface area contributed by atoms with Crippen molar-refractivity contribution in [3.8, 4) is 0 Å². The fourth-order valence-electron chi connectivity index (χ4n) is 2.80. The molecule has 1 aliphatic heterocycles. The molecule has 0 bridgehead atoms. The van der Waals surface area contributed by atoms with E-state index >= 15 is 0 Å². The second kappa shape index (κ2) is 7.48. The fourth-order valence-corrected chi connectivity index (χ4v) is 2.80. The van der Waals surface area contributed by atoms with Gasteiger partial charge in [0.1, 0.15) is 0 Å². The molecule has 1 aliphatic carbocycles. The molecule has 2 fully saturated rings. The van der Waals surface area contributed by atoms with E-state index in [4.69, 9.17) is 4.74 Å². The second-order valence-electron chi connectivity index (χ2n) is 5.51. The van der Waals surface area contributed by atoms with E-state index in [1.54, 1.807) is 0 Å². The fraction of sp³-hybridized carbons (Fsp3) is 0.857. The predicted molar refractivity (Wildman–Crippen MR) is 71.6 cm³/mol. The Morgan fingerprint density at radius 2 is 1.68 bits per heavy atom. The molecule has 0 aromatic carbocycles. The SMILES string of the molecule is O=C(CNC(=O)C1CCOCC1)NC1CCCCC1. The van der Waals surface area contributed by atoms with Crippen LogP contribution in [0, 0.1) is 5.92 Å². The average molecular weight is 268 g/mol. The number of ether oxygens (including phenoxy) is 1. The van der Waals surface area contributed by atoms with E-state index in [9.17, 15) is 9.59 Å². The molecule has 2 N–H and O–H groups in total. The van der Waals surface area contributed by atoms with E-state index in [0.29, 0.717) is 19.3 Å². The number of hydrogen-bond donors (Lipinski definition) is 2. The van der Waals surface area contributed by atoms with Gasteiger partial charge < -0.3 is 15.4 Å². The summed E-state index contributed by atoms with van der Waals surface area (Å²) in [5.41, 5.74) is 0. The molecule has 0 atom stereocenters. The van der Waals surface area contributed by atoms with Crippen LogP contribution in [-0.2, 0) is 14.3 Å². The van der Waals surface area contributed by atoms with Crippen molar-refractivity contribution in [2.75, 3.05) is 19.8 Å². The summed E-state index contributed by atoms with van der Waals surface area (Å²) in [4.78, 5) is 23.6. The van der Waals surface area contributed by atoms with Gasteiger partial charge in [-0.1, -0.05) is 19.3 Å². The van der Waals surface area contributed by atoms with Crippen LogP contribution in [-0.4, -0.2) is 37.6 Å². The maximum absolute atomic E-state index is 11.8. The molecule has 5 nitrogen and oxygen atoms in total. The molecule has 2 aliphatic rings. The lowest BCUT2D eigenvalue weighted by Gasteiger charge is -2.24. The first kappa shape index (κ1) is 14.3. The Morgan fingerprint density at radius 3 is 2.37 bits per heavy atom. The molecule has 0 spiro atoms. The third-order valence-corrected chi connectivity index (χ3v) is 3.99. The van der Waals surface area contributed by atoms with Crippen LogP contribution < -0.4 is 10.6 Å². The van der Waals surface area contributed by atoms with Crippen molar-refractivity contribution in [2.45, 2.75) is 51.0 Å². The van der Waals surface area contributed by atoms with Gasteiger partial charge in [-0.25, -0.2) is 0 Å². The number of rotatable bonds is 4. The number of carbonyl (C=O) groups excluding carboxylic acids is 2. The van der Waals surface area contributed by atoms with Gasteiger partial charge in [-0.3, -0.25) is 9.59 Å². The molecule has 2 rings (SSSR count). The zero-order valence-electron chi connectivity index (χ0n) is 11.5. The molecular weight excluding hydrogens is 244 g/mol. The van der Waals surface area contributed by atoms with Crippen LogP contribution in [0.2, 0.25) is 0 Å². The van der Waals surface area contributed by atoms with E-state index in [2.05, 4.69) is 10.6 Å². The molecule has 1 saturated heterocycles. The lowest BCUT2D eigenvalue weighted by Crippen LogP contribution is -2.44. The topological polar surface area (TPSA) is 67.4 Å². The average Bonchev–Trinajstić information content (AvgIpc) is 2.47. The summed E-state index contributed by atoms with van der Waals surface area (Å²) in [6, 6.07) is 0.307. The van der Waals surface area contributed by atoms with Gasteiger partial charge in [0.25, 0.3) is 0 Å². The summed E-state index contributed by atoms with van der Waals surface area (Å²) >= 11 is 0. The van der Waals surface area contributed by atoms with Gasteiger partial charge in [0.15, 0.2) is 0 Å². The molecular formula is C14H24N2O3. The van der Waals surface area contributed by atoms with Gasteiger partial charge in [0, 0.05) is 25.2 Å². The molecule has 108 valence electrons. The highest BCUT2D eigenvalue weighted by molar-refractivity contribution is 5.85. The normalized spacial score (nSPS) is 21.9. The molecule has 0 aromatic rings. The third-order valence-electron chi connectivity index (χ3n) is 3.99. The minimum Gasteiger partial charge on any atom is -0.381 e. The maximum atomic E-state index is 11.8. The van der Waals surface area contributed by atoms with Crippen LogP contribution in [0.1, 0.15) is 44.9 Å². The Hall–Kier alpha value is -1.10. The Kier molecular flexibility index (Phi) is 5.63. The standard InChI is InChI=1S/C14H24N2O3/c17-13(16-12-4-2-1-3-5-12)10-15-14(18)11-6-8-19-9-7-11/h11-12H,1-10H2,(H,15,18)(H,16,17). The third kappa shape index (κ3) is 4.82. The van der Waals surface area contributed by atoms with Crippen molar-refractivity contribution >= 4 is 11.8 Å². The second-order valence-corrected chi connectivity index (χ2v) is 5.51. The van der Waals surface area contributed by atoms with Crippen LogP contribution in [0.15, 0.2) is 0 Å². The van der Waals surface area contributed by atoms with Crippen LogP contribution in [0.4, 0.5) is 0 Å². The van der Waals surface area contributed by atoms with Gasteiger partial charge in [0.05, 0.1) is 6.54 Å². The zero-order valence-corrected chi connectivity index (χ0v) is 11.5.